The molecule has 0 saturated heterocycles. The number of rotatable bonds is 3. The number of nitrogens with two attached hydrogens (primary N) is 1. The van der Waals surface area contributed by atoms with Gasteiger partial charge in [-0.25, -0.2) is 0 Å². The molecule has 0 aromatic heterocycles. The lowest BCUT2D eigenvalue weighted by Crippen LogP contribution is -2.07. The third kappa shape index (κ3) is 3.79. The summed E-state index contributed by atoms with van der Waals surface area (Å²) in [6, 6.07) is 8.28. The highest BCUT2D eigenvalue weighted by atomic mass is 15.2. The Hall–Kier alpha value is -1.02. The standard InChI is InChI=1S/C12H20N2/c1-12(2,3)9-8-10-4-6-11(14-13)7-5-10/h4-7,14H,8-9,13H2,1-3H3. The van der Waals surface area contributed by atoms with Gasteiger partial charge in [0.1, 0.15) is 0 Å². The first-order valence-corrected chi connectivity index (χ1v) is 5.07. The lowest BCUT2D eigenvalue weighted by molar-refractivity contribution is 0.378. The molecule has 0 spiro atoms. The molecule has 0 bridgehead atoms. The van der Waals surface area contributed by atoms with Gasteiger partial charge in [0, 0.05) is 5.69 Å². The van der Waals surface area contributed by atoms with E-state index in [9.17, 15) is 0 Å². The Bertz CT molecular complexity index is 269. The summed E-state index contributed by atoms with van der Waals surface area (Å²) in [6.45, 7) is 6.80. The third-order valence-electron chi connectivity index (χ3n) is 2.28. The van der Waals surface area contributed by atoms with Crippen LogP contribution >= 0.6 is 0 Å². The van der Waals surface area contributed by atoms with E-state index in [-0.39, 0.29) is 0 Å². The van der Waals surface area contributed by atoms with E-state index in [0.29, 0.717) is 5.41 Å². The fourth-order valence-electron chi connectivity index (χ4n) is 1.29. The molecule has 2 nitrogen and oxygen atoms in total. The predicted octanol–water partition coefficient (Wildman–Crippen LogP) is 2.95. The van der Waals surface area contributed by atoms with Crippen LogP contribution in [0.4, 0.5) is 5.69 Å². The lowest BCUT2D eigenvalue weighted by atomic mass is 9.89. The van der Waals surface area contributed by atoms with Gasteiger partial charge in [0.2, 0.25) is 0 Å². The lowest BCUT2D eigenvalue weighted by Gasteiger charge is -2.17. The quantitative estimate of drug-likeness (QED) is 0.571. The van der Waals surface area contributed by atoms with Gasteiger partial charge in [-0.3, -0.25) is 5.84 Å². The Balaban J connectivity index is 2.52. The van der Waals surface area contributed by atoms with Crippen molar-refractivity contribution in [2.45, 2.75) is 33.6 Å². The summed E-state index contributed by atoms with van der Waals surface area (Å²) < 4.78 is 0. The van der Waals surface area contributed by atoms with Crippen LogP contribution in [0.2, 0.25) is 0 Å². The summed E-state index contributed by atoms with van der Waals surface area (Å²) in [5, 5.41) is 0. The number of hydrazine groups is 1. The summed E-state index contributed by atoms with van der Waals surface area (Å²) in [4.78, 5) is 0. The minimum atomic E-state index is 0.408. The van der Waals surface area contributed by atoms with Crippen molar-refractivity contribution >= 4 is 5.69 Å². The van der Waals surface area contributed by atoms with Gasteiger partial charge >= 0.3 is 0 Å². The number of benzene rings is 1. The summed E-state index contributed by atoms with van der Waals surface area (Å²) >= 11 is 0. The van der Waals surface area contributed by atoms with Crippen molar-refractivity contribution in [3.05, 3.63) is 29.8 Å². The van der Waals surface area contributed by atoms with Gasteiger partial charge in [-0.05, 0) is 36.0 Å². The molecule has 0 aliphatic carbocycles. The first kappa shape index (κ1) is 11.1. The summed E-state index contributed by atoms with van der Waals surface area (Å²) in [5.41, 5.74) is 5.37. The molecule has 78 valence electrons. The van der Waals surface area contributed by atoms with Gasteiger partial charge in [0.15, 0.2) is 0 Å². The number of nitrogens with one attached hydrogen (secondary N) is 1. The van der Waals surface area contributed by atoms with Crippen molar-refractivity contribution in [1.29, 1.82) is 0 Å². The van der Waals surface area contributed by atoms with Crippen LogP contribution in [0.3, 0.4) is 0 Å². The van der Waals surface area contributed by atoms with Crippen LogP contribution in [-0.2, 0) is 6.42 Å². The molecule has 3 N–H and O–H groups in total. The van der Waals surface area contributed by atoms with E-state index in [2.05, 4.69) is 38.3 Å². The highest BCUT2D eigenvalue weighted by Gasteiger charge is 2.09. The first-order valence-electron chi connectivity index (χ1n) is 5.07. The van der Waals surface area contributed by atoms with Gasteiger partial charge in [-0.1, -0.05) is 32.9 Å². The largest absolute Gasteiger partial charge is 0.324 e. The third-order valence-corrected chi connectivity index (χ3v) is 2.28. The molecule has 2 heteroatoms. The molecule has 0 unspecified atom stereocenters. The van der Waals surface area contributed by atoms with Crippen LogP contribution in [0, 0.1) is 5.41 Å². The molecule has 1 aromatic carbocycles. The molecule has 0 heterocycles. The molecular weight excluding hydrogens is 172 g/mol. The minimum Gasteiger partial charge on any atom is -0.324 e. The van der Waals surface area contributed by atoms with Crippen molar-refractivity contribution < 1.29 is 0 Å². The number of nitrogen functional groups attached to an aromatic ring is 1. The van der Waals surface area contributed by atoms with Crippen LogP contribution < -0.4 is 11.3 Å². The fraction of sp³-hybridized carbons (Fsp3) is 0.500. The predicted molar refractivity (Wildman–Crippen MR) is 62.0 cm³/mol. The topological polar surface area (TPSA) is 38.0 Å². The van der Waals surface area contributed by atoms with E-state index >= 15 is 0 Å². The maximum absolute atomic E-state index is 5.29. The molecule has 1 rings (SSSR count). The molecule has 0 radical (unpaired) electrons. The fourth-order valence-corrected chi connectivity index (χ4v) is 1.29. The normalized spacial score (nSPS) is 11.4. The second-order valence-electron chi connectivity index (χ2n) is 4.90. The molecule has 0 amide bonds. The molecule has 1 aromatic rings. The number of hydrogen-bond acceptors (Lipinski definition) is 2. The Kier molecular flexibility index (Phi) is 3.53. The molecule has 0 aliphatic heterocycles. The second kappa shape index (κ2) is 4.47. The van der Waals surface area contributed by atoms with Crippen LogP contribution in [0.15, 0.2) is 24.3 Å². The van der Waals surface area contributed by atoms with E-state index in [1.807, 2.05) is 12.1 Å². The Morgan fingerprint density at radius 1 is 1.14 bits per heavy atom. The van der Waals surface area contributed by atoms with Crippen LogP contribution in [0.1, 0.15) is 32.8 Å². The van der Waals surface area contributed by atoms with Gasteiger partial charge in [0.25, 0.3) is 0 Å². The average molecular weight is 192 g/mol. The zero-order valence-electron chi connectivity index (χ0n) is 9.30. The average Bonchev–Trinajstić information content (AvgIpc) is 2.14. The number of aryl methyl sites for hydroxylation is 1. The minimum absolute atomic E-state index is 0.408. The van der Waals surface area contributed by atoms with Gasteiger partial charge in [0.05, 0.1) is 0 Å². The first-order chi connectivity index (χ1) is 6.51. The zero-order chi connectivity index (χ0) is 10.6. The monoisotopic (exact) mass is 192 g/mol. The van der Waals surface area contributed by atoms with Crippen molar-refractivity contribution in [1.82, 2.24) is 0 Å². The molecule has 0 atom stereocenters. The molecule has 0 fully saturated rings. The van der Waals surface area contributed by atoms with E-state index in [0.717, 1.165) is 12.1 Å². The molecule has 0 aliphatic rings. The van der Waals surface area contributed by atoms with Crippen molar-refractivity contribution in [2.75, 3.05) is 5.43 Å². The zero-order valence-corrected chi connectivity index (χ0v) is 9.30. The smallest absolute Gasteiger partial charge is 0.0485 e. The van der Waals surface area contributed by atoms with E-state index in [1.165, 1.54) is 12.0 Å². The number of anilines is 1. The summed E-state index contributed by atoms with van der Waals surface area (Å²) in [5.74, 6) is 5.29. The molecule has 14 heavy (non-hydrogen) atoms. The molecular formula is C12H20N2. The van der Waals surface area contributed by atoms with E-state index in [4.69, 9.17) is 5.84 Å². The summed E-state index contributed by atoms with van der Waals surface area (Å²) in [6.07, 6.45) is 2.34. The van der Waals surface area contributed by atoms with E-state index < -0.39 is 0 Å². The maximum Gasteiger partial charge on any atom is 0.0485 e. The Morgan fingerprint density at radius 3 is 2.14 bits per heavy atom. The number of hydrogen-bond donors (Lipinski definition) is 2. The SMILES string of the molecule is CC(C)(C)CCc1ccc(NN)cc1. The maximum atomic E-state index is 5.29. The molecule has 0 saturated carbocycles. The van der Waals surface area contributed by atoms with E-state index in [1.54, 1.807) is 0 Å². The van der Waals surface area contributed by atoms with Crippen LogP contribution in [0.25, 0.3) is 0 Å². The Morgan fingerprint density at radius 2 is 1.71 bits per heavy atom. The summed E-state index contributed by atoms with van der Waals surface area (Å²) in [7, 11) is 0. The van der Waals surface area contributed by atoms with Crippen LogP contribution in [0.5, 0.6) is 0 Å². The highest BCUT2D eigenvalue weighted by Crippen LogP contribution is 2.21. The van der Waals surface area contributed by atoms with Gasteiger partial charge in [-0.15, -0.1) is 0 Å². The van der Waals surface area contributed by atoms with Crippen molar-refractivity contribution in [3.8, 4) is 0 Å². The van der Waals surface area contributed by atoms with Gasteiger partial charge in [-0.2, -0.15) is 0 Å². The highest BCUT2D eigenvalue weighted by molar-refractivity contribution is 5.43. The Labute approximate surface area is 86.5 Å². The second-order valence-corrected chi connectivity index (χ2v) is 4.90. The van der Waals surface area contributed by atoms with Crippen molar-refractivity contribution in [3.63, 3.8) is 0 Å². The van der Waals surface area contributed by atoms with Crippen molar-refractivity contribution in [2.24, 2.45) is 11.3 Å². The van der Waals surface area contributed by atoms with Gasteiger partial charge < -0.3 is 5.43 Å². The van der Waals surface area contributed by atoms with Crippen LogP contribution in [-0.4, -0.2) is 0 Å².